The van der Waals surface area contributed by atoms with Crippen molar-refractivity contribution in [1.82, 2.24) is 14.8 Å². The Bertz CT molecular complexity index is 606. The van der Waals surface area contributed by atoms with E-state index in [4.69, 9.17) is 5.73 Å². The fourth-order valence-electron chi connectivity index (χ4n) is 1.78. The van der Waals surface area contributed by atoms with Gasteiger partial charge in [0.15, 0.2) is 5.78 Å². The smallest absolute Gasteiger partial charge is 0.170 e. The number of hydrogen-bond acceptors (Lipinski definition) is 4. The molecule has 0 saturated carbocycles. The van der Waals surface area contributed by atoms with Crippen LogP contribution in [0.25, 0.3) is 0 Å². The van der Waals surface area contributed by atoms with Gasteiger partial charge in [-0.3, -0.25) is 4.79 Å². The number of aromatic nitrogens is 3. The van der Waals surface area contributed by atoms with Gasteiger partial charge in [0.1, 0.15) is 12.2 Å². The summed E-state index contributed by atoms with van der Waals surface area (Å²) >= 11 is 3.32. The summed E-state index contributed by atoms with van der Waals surface area (Å²) in [7, 11) is 0. The Kier molecular flexibility index (Phi) is 3.99. The molecule has 0 aliphatic carbocycles. The maximum Gasteiger partial charge on any atom is 0.170 e. The molecular weight excluding hydrogens is 308 g/mol. The molecule has 0 aliphatic heterocycles. The molecule has 6 heteroatoms. The molecule has 0 amide bonds. The van der Waals surface area contributed by atoms with E-state index in [1.807, 2.05) is 13.8 Å². The number of carbonyl (C=O) groups is 1. The Morgan fingerprint density at radius 1 is 1.47 bits per heavy atom. The lowest BCUT2D eigenvalue weighted by molar-refractivity contribution is 0.0989. The number of hydrogen-bond donors (Lipinski definition) is 1. The quantitative estimate of drug-likeness (QED) is 0.693. The molecule has 2 N–H and O–H groups in total. The number of halogens is 1. The Balaban J connectivity index is 2.21. The summed E-state index contributed by atoms with van der Waals surface area (Å²) in [5.74, 6) is 0.670. The van der Waals surface area contributed by atoms with Crippen LogP contribution in [-0.2, 0) is 6.42 Å². The highest BCUT2D eigenvalue weighted by atomic mass is 79.9. The number of nitrogens with zero attached hydrogens (tertiary/aromatic N) is 3. The van der Waals surface area contributed by atoms with Crippen molar-refractivity contribution >= 4 is 27.4 Å². The van der Waals surface area contributed by atoms with Crippen LogP contribution in [0.1, 0.15) is 36.1 Å². The SMILES string of the molecule is CC(C)n1ncnc1CC(=O)c1ccc(N)c(Br)c1. The average molecular weight is 323 g/mol. The van der Waals surface area contributed by atoms with Gasteiger partial charge in [-0.25, -0.2) is 9.67 Å². The van der Waals surface area contributed by atoms with E-state index in [-0.39, 0.29) is 18.2 Å². The van der Waals surface area contributed by atoms with Crippen LogP contribution in [0.2, 0.25) is 0 Å². The Morgan fingerprint density at radius 2 is 2.21 bits per heavy atom. The topological polar surface area (TPSA) is 73.8 Å². The molecular formula is C13H15BrN4O. The summed E-state index contributed by atoms with van der Waals surface area (Å²) in [6.07, 6.45) is 1.70. The zero-order chi connectivity index (χ0) is 14.0. The highest BCUT2D eigenvalue weighted by molar-refractivity contribution is 9.10. The Hall–Kier alpha value is -1.69. The molecule has 0 fully saturated rings. The predicted molar refractivity (Wildman–Crippen MR) is 77.0 cm³/mol. The van der Waals surface area contributed by atoms with E-state index in [2.05, 4.69) is 26.0 Å². The second kappa shape index (κ2) is 5.52. The Labute approximate surface area is 120 Å². The highest BCUT2D eigenvalue weighted by Gasteiger charge is 2.14. The number of nitrogens with two attached hydrogens (primary N) is 1. The van der Waals surface area contributed by atoms with Crippen molar-refractivity contribution in [1.29, 1.82) is 0 Å². The van der Waals surface area contributed by atoms with Crippen molar-refractivity contribution in [2.24, 2.45) is 0 Å². The lowest BCUT2D eigenvalue weighted by atomic mass is 10.1. The summed E-state index contributed by atoms with van der Waals surface area (Å²) in [5, 5.41) is 4.12. The van der Waals surface area contributed by atoms with Gasteiger partial charge in [-0.15, -0.1) is 0 Å². The molecule has 2 aromatic rings. The van der Waals surface area contributed by atoms with Crippen LogP contribution in [0.5, 0.6) is 0 Å². The largest absolute Gasteiger partial charge is 0.398 e. The van der Waals surface area contributed by atoms with E-state index in [9.17, 15) is 4.79 Å². The van der Waals surface area contributed by atoms with Crippen molar-refractivity contribution in [2.45, 2.75) is 26.3 Å². The summed E-state index contributed by atoms with van der Waals surface area (Å²) in [6, 6.07) is 5.35. The molecule has 0 unspecified atom stereocenters. The zero-order valence-corrected chi connectivity index (χ0v) is 12.4. The minimum Gasteiger partial charge on any atom is -0.398 e. The fraction of sp³-hybridized carbons (Fsp3) is 0.308. The maximum atomic E-state index is 12.2. The van der Waals surface area contributed by atoms with E-state index in [0.717, 1.165) is 4.47 Å². The van der Waals surface area contributed by atoms with Gasteiger partial charge >= 0.3 is 0 Å². The average Bonchev–Trinajstić information content (AvgIpc) is 2.80. The first-order valence-electron chi connectivity index (χ1n) is 5.95. The minimum atomic E-state index is -0.00407. The molecule has 100 valence electrons. The monoisotopic (exact) mass is 322 g/mol. The van der Waals surface area contributed by atoms with Crippen molar-refractivity contribution in [3.05, 3.63) is 40.4 Å². The van der Waals surface area contributed by atoms with Crippen LogP contribution < -0.4 is 5.73 Å². The van der Waals surface area contributed by atoms with Gasteiger partial charge in [0.2, 0.25) is 0 Å². The van der Waals surface area contributed by atoms with Crippen LogP contribution in [-0.4, -0.2) is 20.5 Å². The summed E-state index contributed by atoms with van der Waals surface area (Å²) in [6.45, 7) is 4.00. The van der Waals surface area contributed by atoms with Crippen LogP contribution in [0, 0.1) is 0 Å². The van der Waals surface area contributed by atoms with Crippen molar-refractivity contribution < 1.29 is 4.79 Å². The number of nitrogen functional groups attached to an aromatic ring is 1. The number of ketones is 1. The number of benzene rings is 1. The molecule has 0 atom stereocenters. The van der Waals surface area contributed by atoms with Crippen LogP contribution in [0.15, 0.2) is 29.0 Å². The van der Waals surface area contributed by atoms with Gasteiger partial charge in [0.05, 0.1) is 6.42 Å². The molecule has 1 aromatic carbocycles. The number of carbonyl (C=O) groups excluding carboxylic acids is 1. The van der Waals surface area contributed by atoms with Crippen molar-refractivity contribution in [3.8, 4) is 0 Å². The van der Waals surface area contributed by atoms with Gasteiger partial charge in [0.25, 0.3) is 0 Å². The second-order valence-corrected chi connectivity index (χ2v) is 5.41. The van der Waals surface area contributed by atoms with E-state index >= 15 is 0 Å². The highest BCUT2D eigenvalue weighted by Crippen LogP contribution is 2.21. The van der Waals surface area contributed by atoms with Gasteiger partial charge in [-0.05, 0) is 48.0 Å². The van der Waals surface area contributed by atoms with Gasteiger partial charge in [0, 0.05) is 21.8 Å². The van der Waals surface area contributed by atoms with Gasteiger partial charge < -0.3 is 5.73 Å². The van der Waals surface area contributed by atoms with Gasteiger partial charge in [-0.2, -0.15) is 5.10 Å². The minimum absolute atomic E-state index is 0.00407. The molecule has 0 bridgehead atoms. The molecule has 0 radical (unpaired) electrons. The third kappa shape index (κ3) is 3.01. The summed E-state index contributed by atoms with van der Waals surface area (Å²) < 4.78 is 2.48. The first kappa shape index (κ1) is 13.7. The molecule has 0 spiro atoms. The number of rotatable bonds is 4. The van der Waals surface area contributed by atoms with Crippen LogP contribution in [0.4, 0.5) is 5.69 Å². The van der Waals surface area contributed by atoms with E-state index in [0.29, 0.717) is 17.1 Å². The standard InChI is InChI=1S/C13H15BrN4O/c1-8(2)18-13(16-7-17-18)6-12(19)9-3-4-11(15)10(14)5-9/h3-5,7-8H,6,15H2,1-2H3. The van der Waals surface area contributed by atoms with E-state index < -0.39 is 0 Å². The van der Waals surface area contributed by atoms with Crippen LogP contribution >= 0.6 is 15.9 Å². The van der Waals surface area contributed by atoms with Gasteiger partial charge in [-0.1, -0.05) is 0 Å². The Morgan fingerprint density at radius 3 is 2.84 bits per heavy atom. The molecule has 5 nitrogen and oxygen atoms in total. The molecule has 0 saturated heterocycles. The zero-order valence-electron chi connectivity index (χ0n) is 10.8. The molecule has 1 aromatic heterocycles. The first-order chi connectivity index (χ1) is 8.99. The first-order valence-corrected chi connectivity index (χ1v) is 6.75. The third-order valence-corrected chi connectivity index (χ3v) is 3.46. The lowest BCUT2D eigenvalue weighted by Crippen LogP contribution is -2.13. The molecule has 2 rings (SSSR count). The third-order valence-electron chi connectivity index (χ3n) is 2.78. The van der Waals surface area contributed by atoms with Crippen LogP contribution in [0.3, 0.4) is 0 Å². The number of Topliss-reactive ketones (excluding diaryl/α,β-unsaturated/α-hetero) is 1. The summed E-state index contributed by atoms with van der Waals surface area (Å²) in [5.41, 5.74) is 6.93. The summed E-state index contributed by atoms with van der Waals surface area (Å²) in [4.78, 5) is 16.3. The number of anilines is 1. The molecule has 19 heavy (non-hydrogen) atoms. The maximum absolute atomic E-state index is 12.2. The fourth-order valence-corrected chi connectivity index (χ4v) is 2.16. The van der Waals surface area contributed by atoms with Crippen molar-refractivity contribution in [3.63, 3.8) is 0 Å². The molecule has 1 heterocycles. The lowest BCUT2D eigenvalue weighted by Gasteiger charge is -2.09. The van der Waals surface area contributed by atoms with E-state index in [1.54, 1.807) is 22.9 Å². The van der Waals surface area contributed by atoms with E-state index in [1.165, 1.54) is 6.33 Å². The van der Waals surface area contributed by atoms with Crippen molar-refractivity contribution in [2.75, 3.05) is 5.73 Å². The molecule has 0 aliphatic rings. The predicted octanol–water partition coefficient (Wildman–Crippen LogP) is 2.63. The normalized spacial score (nSPS) is 10.9. The second-order valence-electron chi connectivity index (χ2n) is 4.55.